The van der Waals surface area contributed by atoms with E-state index in [4.69, 9.17) is 13.9 Å². The van der Waals surface area contributed by atoms with E-state index in [1.807, 2.05) is 0 Å². The Morgan fingerprint density at radius 3 is 2.39 bits per heavy atom. The van der Waals surface area contributed by atoms with Crippen molar-refractivity contribution in [3.8, 4) is 23.0 Å². The van der Waals surface area contributed by atoms with Gasteiger partial charge < -0.3 is 19.2 Å². The highest BCUT2D eigenvalue weighted by Gasteiger charge is 2.19. The van der Waals surface area contributed by atoms with Gasteiger partial charge in [0.2, 0.25) is 15.9 Å². The monoisotopic (exact) mass is 446 g/mol. The molecule has 3 rings (SSSR count). The molecule has 0 aliphatic heterocycles. The zero-order valence-electron chi connectivity index (χ0n) is 17.4. The van der Waals surface area contributed by atoms with E-state index in [1.165, 1.54) is 45.5 Å². The maximum absolute atomic E-state index is 12.4. The highest BCUT2D eigenvalue weighted by atomic mass is 32.2. The molecule has 0 atom stereocenters. The second-order valence-corrected chi connectivity index (χ2v) is 8.74. The van der Waals surface area contributed by atoms with Crippen molar-refractivity contribution >= 4 is 15.9 Å². The lowest BCUT2D eigenvalue weighted by Crippen LogP contribution is -2.23. The SMILES string of the molecule is COc1ccc(OC)c(CNC(=O)c2nnc(-c3ccc(S(=O)(=O)N(C)C)cc3)o2)c1. The summed E-state index contributed by atoms with van der Waals surface area (Å²) >= 11 is 0. The van der Waals surface area contributed by atoms with E-state index in [2.05, 4.69) is 15.5 Å². The maximum Gasteiger partial charge on any atom is 0.309 e. The first-order chi connectivity index (χ1) is 14.8. The molecule has 0 saturated heterocycles. The zero-order chi connectivity index (χ0) is 22.6. The third-order valence-corrected chi connectivity index (χ3v) is 6.26. The second kappa shape index (κ2) is 9.14. The van der Waals surface area contributed by atoms with Crippen LogP contribution in [0.5, 0.6) is 11.5 Å². The van der Waals surface area contributed by atoms with E-state index in [0.29, 0.717) is 22.6 Å². The number of nitrogens with one attached hydrogen (secondary N) is 1. The molecule has 31 heavy (non-hydrogen) atoms. The second-order valence-electron chi connectivity index (χ2n) is 6.58. The lowest BCUT2D eigenvalue weighted by molar-refractivity contribution is 0.0916. The standard InChI is InChI=1S/C20H22N4O6S/c1-24(2)31(26,27)16-8-5-13(6-9-16)19-22-23-20(30-19)18(25)21-12-14-11-15(28-3)7-10-17(14)29-4/h5-11H,12H2,1-4H3,(H,21,25). The lowest BCUT2D eigenvalue weighted by Gasteiger charge is -2.11. The summed E-state index contributed by atoms with van der Waals surface area (Å²) in [7, 11) is 2.44. The van der Waals surface area contributed by atoms with Crippen LogP contribution in [0.2, 0.25) is 0 Å². The normalized spacial score (nSPS) is 11.4. The Kier molecular flexibility index (Phi) is 6.56. The Balaban J connectivity index is 1.72. The number of methoxy groups -OCH3 is 2. The summed E-state index contributed by atoms with van der Waals surface area (Å²) in [6.07, 6.45) is 0. The highest BCUT2D eigenvalue weighted by Crippen LogP contribution is 2.24. The van der Waals surface area contributed by atoms with Gasteiger partial charge in [0, 0.05) is 31.8 Å². The van der Waals surface area contributed by atoms with Crippen LogP contribution in [0.15, 0.2) is 51.8 Å². The lowest BCUT2D eigenvalue weighted by atomic mass is 10.2. The Morgan fingerprint density at radius 2 is 1.77 bits per heavy atom. The number of amides is 1. The number of sulfonamides is 1. The number of hydrogen-bond acceptors (Lipinski definition) is 8. The van der Waals surface area contributed by atoms with Crippen LogP contribution < -0.4 is 14.8 Å². The van der Waals surface area contributed by atoms with Crippen molar-refractivity contribution in [2.24, 2.45) is 0 Å². The summed E-state index contributed by atoms with van der Waals surface area (Å²) in [5.74, 6) is 0.542. The molecular formula is C20H22N4O6S. The number of rotatable bonds is 8. The number of carbonyl (C=O) groups excluding carboxylic acids is 1. The molecule has 10 nitrogen and oxygen atoms in total. The molecule has 0 radical (unpaired) electrons. The number of nitrogens with zero attached hydrogens (tertiary/aromatic N) is 3. The number of ether oxygens (including phenoxy) is 2. The minimum absolute atomic E-state index is 0.0953. The van der Waals surface area contributed by atoms with Crippen LogP contribution in [-0.4, -0.2) is 57.1 Å². The van der Waals surface area contributed by atoms with E-state index < -0.39 is 15.9 Å². The Labute approximate surface area is 179 Å². The fourth-order valence-corrected chi connectivity index (χ4v) is 3.58. The van der Waals surface area contributed by atoms with E-state index in [0.717, 1.165) is 4.31 Å². The van der Waals surface area contributed by atoms with Crippen LogP contribution >= 0.6 is 0 Å². The Morgan fingerprint density at radius 1 is 1.06 bits per heavy atom. The third kappa shape index (κ3) is 4.84. The first-order valence-corrected chi connectivity index (χ1v) is 10.6. The quantitative estimate of drug-likeness (QED) is 0.557. The van der Waals surface area contributed by atoms with Crippen molar-refractivity contribution in [1.29, 1.82) is 0 Å². The summed E-state index contributed by atoms with van der Waals surface area (Å²) in [5.41, 5.74) is 1.20. The molecule has 2 aromatic carbocycles. The van der Waals surface area contributed by atoms with Crippen molar-refractivity contribution in [3.63, 3.8) is 0 Å². The van der Waals surface area contributed by atoms with Crippen molar-refractivity contribution < 1.29 is 27.1 Å². The number of aromatic nitrogens is 2. The summed E-state index contributed by atoms with van der Waals surface area (Å²) in [6.45, 7) is 0.161. The van der Waals surface area contributed by atoms with E-state index in [-0.39, 0.29) is 23.2 Å². The number of benzene rings is 2. The predicted octanol–water partition coefficient (Wildman–Crippen LogP) is 1.93. The van der Waals surface area contributed by atoms with Gasteiger partial charge in [0.05, 0.1) is 19.1 Å². The van der Waals surface area contributed by atoms with Gasteiger partial charge in [0.15, 0.2) is 0 Å². The van der Waals surface area contributed by atoms with Gasteiger partial charge >= 0.3 is 11.8 Å². The smallest absolute Gasteiger partial charge is 0.309 e. The van der Waals surface area contributed by atoms with Crippen LogP contribution in [0, 0.1) is 0 Å². The first-order valence-electron chi connectivity index (χ1n) is 9.12. The molecule has 0 aliphatic rings. The fraction of sp³-hybridized carbons (Fsp3) is 0.250. The maximum atomic E-state index is 12.4. The van der Waals surface area contributed by atoms with Gasteiger partial charge in [0.25, 0.3) is 0 Å². The van der Waals surface area contributed by atoms with Crippen LogP contribution in [0.1, 0.15) is 16.2 Å². The van der Waals surface area contributed by atoms with E-state index >= 15 is 0 Å². The molecule has 1 heterocycles. The highest BCUT2D eigenvalue weighted by molar-refractivity contribution is 7.89. The van der Waals surface area contributed by atoms with E-state index in [1.54, 1.807) is 25.3 Å². The average Bonchev–Trinajstić information content (AvgIpc) is 3.27. The number of hydrogen-bond donors (Lipinski definition) is 1. The molecule has 164 valence electrons. The van der Waals surface area contributed by atoms with Gasteiger partial charge in [0.1, 0.15) is 11.5 Å². The molecule has 0 unspecified atom stereocenters. The molecule has 0 fully saturated rings. The molecule has 3 aromatic rings. The Hall–Kier alpha value is -3.44. The third-order valence-electron chi connectivity index (χ3n) is 4.43. The van der Waals surface area contributed by atoms with Gasteiger partial charge in [-0.05, 0) is 42.5 Å². The van der Waals surface area contributed by atoms with Gasteiger partial charge in [-0.15, -0.1) is 10.2 Å². The Bertz CT molecular complexity index is 1170. The van der Waals surface area contributed by atoms with Gasteiger partial charge in [-0.3, -0.25) is 4.79 Å². The molecule has 0 bridgehead atoms. The molecule has 0 saturated carbocycles. The van der Waals surface area contributed by atoms with Gasteiger partial charge in [-0.2, -0.15) is 0 Å². The van der Waals surface area contributed by atoms with E-state index in [9.17, 15) is 13.2 Å². The van der Waals surface area contributed by atoms with Crippen LogP contribution in [0.3, 0.4) is 0 Å². The summed E-state index contributed by atoms with van der Waals surface area (Å²) in [5, 5.41) is 10.3. The zero-order valence-corrected chi connectivity index (χ0v) is 18.3. The largest absolute Gasteiger partial charge is 0.497 e. The van der Waals surface area contributed by atoms with Crippen molar-refractivity contribution in [2.75, 3.05) is 28.3 Å². The number of carbonyl (C=O) groups is 1. The van der Waals surface area contributed by atoms with Crippen molar-refractivity contribution in [1.82, 2.24) is 19.8 Å². The first kappa shape index (κ1) is 22.2. The van der Waals surface area contributed by atoms with Crippen LogP contribution in [0.25, 0.3) is 11.5 Å². The molecule has 1 N–H and O–H groups in total. The molecule has 1 amide bonds. The summed E-state index contributed by atoms with van der Waals surface area (Å²) in [6, 6.07) is 11.2. The van der Waals surface area contributed by atoms with Crippen LogP contribution in [0.4, 0.5) is 0 Å². The summed E-state index contributed by atoms with van der Waals surface area (Å²) < 4.78 is 41.3. The minimum Gasteiger partial charge on any atom is -0.497 e. The molecule has 0 aliphatic carbocycles. The van der Waals surface area contributed by atoms with Gasteiger partial charge in [-0.1, -0.05) is 0 Å². The van der Waals surface area contributed by atoms with Crippen LogP contribution in [-0.2, 0) is 16.6 Å². The summed E-state index contributed by atoms with van der Waals surface area (Å²) in [4.78, 5) is 12.5. The van der Waals surface area contributed by atoms with Gasteiger partial charge in [-0.25, -0.2) is 12.7 Å². The molecular weight excluding hydrogens is 424 g/mol. The average molecular weight is 446 g/mol. The fourth-order valence-electron chi connectivity index (χ4n) is 2.68. The van der Waals surface area contributed by atoms with Crippen molar-refractivity contribution in [3.05, 3.63) is 53.9 Å². The minimum atomic E-state index is -3.55. The molecule has 11 heteroatoms. The molecule has 0 spiro atoms. The van der Waals surface area contributed by atoms with Crippen molar-refractivity contribution in [2.45, 2.75) is 11.4 Å². The topological polar surface area (TPSA) is 124 Å². The predicted molar refractivity (Wildman–Crippen MR) is 111 cm³/mol. The molecule has 1 aromatic heterocycles.